The Bertz CT molecular complexity index is 2330. The standard InChI is InChI=1S/C44H31NO/c1-2-12-41(44-30-37-28-34-15-8-9-16-35(34)29-43(37)46-44)40-19-10-11-20-42(40)45(38-17-4-3-5-18-38)39-25-23-32(24-26-39)36-22-21-31-13-6-7-14-33(31)27-36/h2-30H,1H2/b41-12-. The Hall–Kier alpha value is -6.12. The zero-order valence-electron chi connectivity index (χ0n) is 25.3. The van der Waals surface area contributed by atoms with Gasteiger partial charge in [0.05, 0.1) is 5.69 Å². The molecule has 1 heterocycles. The van der Waals surface area contributed by atoms with Gasteiger partial charge >= 0.3 is 0 Å². The van der Waals surface area contributed by atoms with Gasteiger partial charge in [-0.1, -0.05) is 128 Å². The summed E-state index contributed by atoms with van der Waals surface area (Å²) in [6.07, 6.45) is 3.88. The lowest BCUT2D eigenvalue weighted by Gasteiger charge is -2.28. The first-order valence-corrected chi connectivity index (χ1v) is 15.5. The number of hydrogen-bond donors (Lipinski definition) is 0. The third kappa shape index (κ3) is 5.06. The first-order valence-electron chi connectivity index (χ1n) is 15.5. The van der Waals surface area contributed by atoms with Crippen molar-refractivity contribution >= 4 is 55.1 Å². The highest BCUT2D eigenvalue weighted by Crippen LogP contribution is 2.42. The summed E-state index contributed by atoms with van der Waals surface area (Å²) in [7, 11) is 0. The molecule has 1 aromatic heterocycles. The Morgan fingerprint density at radius 3 is 1.87 bits per heavy atom. The summed E-state index contributed by atoms with van der Waals surface area (Å²) < 4.78 is 6.55. The van der Waals surface area contributed by atoms with E-state index in [9.17, 15) is 0 Å². The SMILES string of the molecule is C=C/C=C(\c1cc2cc3ccccc3cc2o1)c1ccccc1N(c1ccccc1)c1ccc(-c2ccc3ccccc3c2)cc1. The molecule has 0 saturated carbocycles. The van der Waals surface area contributed by atoms with Crippen LogP contribution in [0.15, 0.2) is 187 Å². The highest BCUT2D eigenvalue weighted by Gasteiger charge is 2.20. The lowest BCUT2D eigenvalue weighted by atomic mass is 9.98. The van der Waals surface area contributed by atoms with Gasteiger partial charge in [-0.2, -0.15) is 0 Å². The van der Waals surface area contributed by atoms with Gasteiger partial charge < -0.3 is 9.32 Å². The maximum Gasteiger partial charge on any atom is 0.136 e. The van der Waals surface area contributed by atoms with Gasteiger partial charge in [0.2, 0.25) is 0 Å². The smallest absolute Gasteiger partial charge is 0.136 e. The maximum atomic E-state index is 6.55. The van der Waals surface area contributed by atoms with Crippen LogP contribution in [0.2, 0.25) is 0 Å². The summed E-state index contributed by atoms with van der Waals surface area (Å²) in [6, 6.07) is 57.9. The first-order chi connectivity index (χ1) is 22.7. The molecule has 0 radical (unpaired) electrons. The molecule has 0 amide bonds. The minimum absolute atomic E-state index is 0.803. The number of fused-ring (bicyclic) bond motifs is 3. The second-order valence-corrected chi connectivity index (χ2v) is 11.5. The maximum absolute atomic E-state index is 6.55. The molecule has 8 aromatic rings. The highest BCUT2D eigenvalue weighted by molar-refractivity contribution is 5.99. The molecule has 0 N–H and O–H groups in total. The van der Waals surface area contributed by atoms with Crippen LogP contribution in [0.3, 0.4) is 0 Å². The highest BCUT2D eigenvalue weighted by atomic mass is 16.3. The number of nitrogens with zero attached hydrogens (tertiary/aromatic N) is 1. The van der Waals surface area contributed by atoms with Crippen molar-refractivity contribution in [2.45, 2.75) is 0 Å². The molecule has 7 aromatic carbocycles. The topological polar surface area (TPSA) is 16.4 Å². The van der Waals surface area contributed by atoms with Crippen molar-refractivity contribution in [1.82, 2.24) is 0 Å². The summed E-state index contributed by atoms with van der Waals surface area (Å²) in [5.41, 5.74) is 8.45. The third-order valence-electron chi connectivity index (χ3n) is 8.59. The molecule has 8 rings (SSSR count). The second kappa shape index (κ2) is 11.8. The molecule has 0 saturated heterocycles. The third-order valence-corrected chi connectivity index (χ3v) is 8.59. The van der Waals surface area contributed by atoms with E-state index in [2.05, 4.69) is 175 Å². The summed E-state index contributed by atoms with van der Waals surface area (Å²) >= 11 is 0. The van der Waals surface area contributed by atoms with E-state index < -0.39 is 0 Å². The van der Waals surface area contributed by atoms with Crippen molar-refractivity contribution in [2.75, 3.05) is 4.90 Å². The molecule has 0 atom stereocenters. The van der Waals surface area contributed by atoms with Crippen molar-refractivity contribution in [3.05, 3.63) is 194 Å². The average Bonchev–Trinajstić information content (AvgIpc) is 3.53. The van der Waals surface area contributed by atoms with Gasteiger partial charge in [-0.3, -0.25) is 0 Å². The van der Waals surface area contributed by atoms with E-state index in [-0.39, 0.29) is 0 Å². The summed E-state index contributed by atoms with van der Waals surface area (Å²) in [5.74, 6) is 0.803. The molecule has 0 unspecified atom stereocenters. The Morgan fingerprint density at radius 1 is 0.500 bits per heavy atom. The van der Waals surface area contributed by atoms with Crippen LogP contribution in [-0.4, -0.2) is 0 Å². The number of anilines is 3. The van der Waals surface area contributed by atoms with Crippen LogP contribution < -0.4 is 4.90 Å². The number of furan rings is 1. The van der Waals surface area contributed by atoms with E-state index in [0.29, 0.717) is 0 Å². The van der Waals surface area contributed by atoms with Crippen molar-refractivity contribution in [1.29, 1.82) is 0 Å². The minimum Gasteiger partial charge on any atom is -0.456 e. The minimum atomic E-state index is 0.803. The normalized spacial score (nSPS) is 11.7. The van der Waals surface area contributed by atoms with Gasteiger partial charge in [-0.25, -0.2) is 0 Å². The quantitative estimate of drug-likeness (QED) is 0.172. The van der Waals surface area contributed by atoms with Gasteiger partial charge in [-0.05, 0) is 87.3 Å². The molecular formula is C44H31NO. The van der Waals surface area contributed by atoms with Gasteiger partial charge in [0.15, 0.2) is 0 Å². The van der Waals surface area contributed by atoms with Gasteiger partial charge in [-0.15, -0.1) is 0 Å². The zero-order chi connectivity index (χ0) is 30.9. The monoisotopic (exact) mass is 589 g/mol. The second-order valence-electron chi connectivity index (χ2n) is 11.5. The van der Waals surface area contributed by atoms with E-state index in [4.69, 9.17) is 4.42 Å². The molecule has 0 aliphatic carbocycles. The fourth-order valence-electron chi connectivity index (χ4n) is 6.36. The van der Waals surface area contributed by atoms with E-state index in [0.717, 1.165) is 50.3 Å². The first kappa shape index (κ1) is 27.4. The van der Waals surface area contributed by atoms with E-state index >= 15 is 0 Å². The Labute approximate surface area is 268 Å². The lowest BCUT2D eigenvalue weighted by molar-refractivity contribution is 0.601. The van der Waals surface area contributed by atoms with Crippen LogP contribution in [0.25, 0.3) is 49.2 Å². The molecule has 218 valence electrons. The molecule has 0 spiro atoms. The predicted molar refractivity (Wildman–Crippen MR) is 195 cm³/mol. The molecule has 0 aliphatic heterocycles. The fourth-order valence-corrected chi connectivity index (χ4v) is 6.36. The number of allylic oxidation sites excluding steroid dienone is 2. The van der Waals surface area contributed by atoms with E-state index in [1.165, 1.54) is 27.3 Å². The van der Waals surface area contributed by atoms with Crippen LogP contribution in [0.4, 0.5) is 17.1 Å². The van der Waals surface area contributed by atoms with Crippen LogP contribution >= 0.6 is 0 Å². The summed E-state index contributed by atoms with van der Waals surface area (Å²) in [6.45, 7) is 4.07. The summed E-state index contributed by atoms with van der Waals surface area (Å²) in [5, 5.41) is 5.91. The van der Waals surface area contributed by atoms with Gasteiger partial charge in [0, 0.05) is 27.9 Å². The Morgan fingerprint density at radius 2 is 1.11 bits per heavy atom. The average molecular weight is 590 g/mol. The lowest BCUT2D eigenvalue weighted by Crippen LogP contribution is -2.12. The van der Waals surface area contributed by atoms with Gasteiger partial charge in [0.1, 0.15) is 11.3 Å². The molecular weight excluding hydrogens is 558 g/mol. The van der Waals surface area contributed by atoms with Crippen LogP contribution in [-0.2, 0) is 0 Å². The molecule has 0 bridgehead atoms. The molecule has 2 nitrogen and oxygen atoms in total. The van der Waals surface area contributed by atoms with E-state index in [1.54, 1.807) is 0 Å². The largest absolute Gasteiger partial charge is 0.456 e. The Balaban J connectivity index is 1.24. The van der Waals surface area contributed by atoms with Gasteiger partial charge in [0.25, 0.3) is 0 Å². The summed E-state index contributed by atoms with van der Waals surface area (Å²) in [4.78, 5) is 2.31. The number of hydrogen-bond acceptors (Lipinski definition) is 2. The van der Waals surface area contributed by atoms with Crippen molar-refractivity contribution in [3.63, 3.8) is 0 Å². The molecule has 0 fully saturated rings. The van der Waals surface area contributed by atoms with Crippen LogP contribution in [0.1, 0.15) is 11.3 Å². The number of para-hydroxylation sites is 2. The number of rotatable bonds is 7. The van der Waals surface area contributed by atoms with Crippen molar-refractivity contribution in [3.8, 4) is 11.1 Å². The Kier molecular flexibility index (Phi) is 7.01. The zero-order valence-corrected chi connectivity index (χ0v) is 25.3. The molecule has 46 heavy (non-hydrogen) atoms. The van der Waals surface area contributed by atoms with Crippen molar-refractivity contribution < 1.29 is 4.42 Å². The van der Waals surface area contributed by atoms with E-state index in [1.807, 2.05) is 12.2 Å². The molecule has 0 aliphatic rings. The van der Waals surface area contributed by atoms with Crippen LogP contribution in [0.5, 0.6) is 0 Å². The number of benzene rings is 7. The van der Waals surface area contributed by atoms with Crippen molar-refractivity contribution in [2.24, 2.45) is 0 Å². The van der Waals surface area contributed by atoms with Crippen LogP contribution in [0, 0.1) is 0 Å². The predicted octanol–water partition coefficient (Wildman–Crippen LogP) is 12.5. The fraction of sp³-hybridized carbons (Fsp3) is 0. The molecule has 2 heteroatoms.